The van der Waals surface area contributed by atoms with E-state index in [0.29, 0.717) is 5.92 Å². The van der Waals surface area contributed by atoms with Gasteiger partial charge in [-0.25, -0.2) is 4.39 Å². The van der Waals surface area contributed by atoms with Crippen molar-refractivity contribution in [2.75, 3.05) is 65.1 Å². The minimum Gasteiger partial charge on any atom is -0.381 e. The highest BCUT2D eigenvalue weighted by Gasteiger charge is 2.13. The zero-order valence-corrected chi connectivity index (χ0v) is 20.0. The van der Waals surface area contributed by atoms with Gasteiger partial charge < -0.3 is 25.0 Å². The Hall–Kier alpha value is -1.13. The fourth-order valence-corrected chi connectivity index (χ4v) is 3.13. The zero-order valence-electron chi connectivity index (χ0n) is 17.7. The number of nitrogens with zero attached hydrogens (tertiary/aromatic N) is 2. The molecule has 2 rings (SSSR count). The maximum absolute atomic E-state index is 13.3. The van der Waals surface area contributed by atoms with Gasteiger partial charge in [0.1, 0.15) is 5.82 Å². The molecule has 0 saturated carbocycles. The van der Waals surface area contributed by atoms with Crippen LogP contribution in [0.5, 0.6) is 0 Å². The first-order chi connectivity index (χ1) is 13.7. The fraction of sp³-hybridized carbons (Fsp3) is 0.667. The maximum Gasteiger partial charge on any atom is 0.190 e. The van der Waals surface area contributed by atoms with Crippen LogP contribution >= 0.6 is 24.0 Å². The van der Waals surface area contributed by atoms with Crippen LogP contribution in [-0.2, 0) is 9.47 Å². The fourth-order valence-electron chi connectivity index (χ4n) is 3.13. The maximum atomic E-state index is 13.3. The number of aliphatic imine (C=N–C) groups is 1. The van der Waals surface area contributed by atoms with E-state index in [2.05, 4.69) is 20.5 Å². The quantitative estimate of drug-likeness (QED) is 0.202. The molecule has 8 heteroatoms. The van der Waals surface area contributed by atoms with Crippen molar-refractivity contribution in [2.45, 2.75) is 25.7 Å². The number of benzene rings is 1. The predicted octanol–water partition coefficient (Wildman–Crippen LogP) is 3.27. The minimum absolute atomic E-state index is 0. The second-order valence-electron chi connectivity index (χ2n) is 7.16. The first-order valence-electron chi connectivity index (χ1n) is 10.3. The molecule has 0 radical (unpaired) electrons. The Morgan fingerprint density at radius 3 is 2.66 bits per heavy atom. The van der Waals surface area contributed by atoms with Gasteiger partial charge in [0.05, 0.1) is 0 Å². The molecule has 1 aromatic rings. The summed E-state index contributed by atoms with van der Waals surface area (Å²) in [6, 6.07) is 6.67. The normalized spacial score (nSPS) is 14.9. The van der Waals surface area contributed by atoms with E-state index in [4.69, 9.17) is 9.47 Å². The van der Waals surface area contributed by atoms with Crippen LogP contribution in [-0.4, -0.2) is 66.1 Å². The van der Waals surface area contributed by atoms with Gasteiger partial charge in [0, 0.05) is 65.8 Å². The Labute approximate surface area is 191 Å². The van der Waals surface area contributed by atoms with Gasteiger partial charge in [0.2, 0.25) is 0 Å². The molecule has 0 aromatic heterocycles. The number of guanidine groups is 1. The van der Waals surface area contributed by atoms with Gasteiger partial charge in [-0.1, -0.05) is 6.07 Å². The van der Waals surface area contributed by atoms with Crippen molar-refractivity contribution < 1.29 is 13.9 Å². The first kappa shape index (κ1) is 25.9. The van der Waals surface area contributed by atoms with Gasteiger partial charge in [-0.05, 0) is 49.8 Å². The molecule has 1 heterocycles. The van der Waals surface area contributed by atoms with Crippen molar-refractivity contribution in [1.82, 2.24) is 10.6 Å². The van der Waals surface area contributed by atoms with E-state index in [0.717, 1.165) is 83.4 Å². The van der Waals surface area contributed by atoms with E-state index in [1.807, 2.05) is 13.1 Å². The first-order valence-corrected chi connectivity index (χ1v) is 10.3. The Balaban J connectivity index is 0.00000420. The summed E-state index contributed by atoms with van der Waals surface area (Å²) in [6.07, 6.45) is 4.11. The second-order valence-corrected chi connectivity index (χ2v) is 7.16. The molecule has 0 spiro atoms. The Kier molecular flexibility index (Phi) is 14.0. The highest BCUT2D eigenvalue weighted by molar-refractivity contribution is 14.0. The molecule has 2 N–H and O–H groups in total. The van der Waals surface area contributed by atoms with Crippen molar-refractivity contribution in [3.63, 3.8) is 0 Å². The summed E-state index contributed by atoms with van der Waals surface area (Å²) in [4.78, 5) is 6.29. The third-order valence-electron chi connectivity index (χ3n) is 4.89. The van der Waals surface area contributed by atoms with Gasteiger partial charge >= 0.3 is 0 Å². The number of nitrogens with one attached hydrogen (secondary N) is 2. The molecule has 0 aliphatic carbocycles. The molecule has 6 nitrogen and oxygen atoms in total. The summed E-state index contributed by atoms with van der Waals surface area (Å²) in [6.45, 7) is 5.82. The lowest BCUT2D eigenvalue weighted by Gasteiger charge is -2.21. The average Bonchev–Trinajstić information content (AvgIpc) is 2.72. The van der Waals surface area contributed by atoms with Gasteiger partial charge in [-0.15, -0.1) is 24.0 Å². The summed E-state index contributed by atoms with van der Waals surface area (Å²) in [7, 11) is 3.75. The third-order valence-corrected chi connectivity index (χ3v) is 4.89. The molecule has 0 bridgehead atoms. The summed E-state index contributed by atoms with van der Waals surface area (Å²) < 4.78 is 24.4. The highest BCUT2D eigenvalue weighted by atomic mass is 127. The van der Waals surface area contributed by atoms with E-state index in [-0.39, 0.29) is 29.8 Å². The molecule has 0 atom stereocenters. The number of hydrogen-bond donors (Lipinski definition) is 2. The Bertz CT molecular complexity index is 586. The summed E-state index contributed by atoms with van der Waals surface area (Å²) >= 11 is 0. The molecule has 166 valence electrons. The van der Waals surface area contributed by atoms with Crippen LogP contribution in [0, 0.1) is 11.7 Å². The molecule has 1 aliphatic heterocycles. The summed E-state index contributed by atoms with van der Waals surface area (Å²) in [5.41, 5.74) is 0.892. The van der Waals surface area contributed by atoms with Crippen LogP contribution in [0.3, 0.4) is 0 Å². The largest absolute Gasteiger partial charge is 0.381 e. The van der Waals surface area contributed by atoms with E-state index in [1.165, 1.54) is 6.07 Å². The van der Waals surface area contributed by atoms with Crippen molar-refractivity contribution in [1.29, 1.82) is 0 Å². The number of ether oxygens (including phenoxy) is 2. The number of rotatable bonds is 11. The van der Waals surface area contributed by atoms with E-state index in [1.54, 1.807) is 19.2 Å². The summed E-state index contributed by atoms with van der Waals surface area (Å²) in [5.74, 6) is 1.25. The molecular formula is C21H36FIN4O2. The monoisotopic (exact) mass is 522 g/mol. The number of halogens is 2. The topological polar surface area (TPSA) is 58.1 Å². The minimum atomic E-state index is -0.205. The smallest absolute Gasteiger partial charge is 0.190 e. The molecule has 1 aliphatic rings. The van der Waals surface area contributed by atoms with Crippen LogP contribution < -0.4 is 15.5 Å². The van der Waals surface area contributed by atoms with E-state index in [9.17, 15) is 4.39 Å². The van der Waals surface area contributed by atoms with Crippen molar-refractivity contribution >= 4 is 35.6 Å². The Morgan fingerprint density at radius 1 is 1.24 bits per heavy atom. The molecule has 1 aromatic carbocycles. The van der Waals surface area contributed by atoms with Crippen LogP contribution in [0.2, 0.25) is 0 Å². The number of anilines is 1. The van der Waals surface area contributed by atoms with Gasteiger partial charge in [0.25, 0.3) is 0 Å². The lowest BCUT2D eigenvalue weighted by atomic mass is 10.0. The molecule has 29 heavy (non-hydrogen) atoms. The van der Waals surface area contributed by atoms with Crippen LogP contribution in [0.1, 0.15) is 25.7 Å². The van der Waals surface area contributed by atoms with Crippen molar-refractivity contribution in [3.05, 3.63) is 30.1 Å². The Morgan fingerprint density at radius 2 is 1.97 bits per heavy atom. The third kappa shape index (κ3) is 11.0. The van der Waals surface area contributed by atoms with Crippen LogP contribution in [0.15, 0.2) is 29.3 Å². The van der Waals surface area contributed by atoms with Gasteiger partial charge in [-0.2, -0.15) is 0 Å². The molecule has 1 fully saturated rings. The molecule has 0 amide bonds. The molecule has 1 saturated heterocycles. The van der Waals surface area contributed by atoms with Crippen LogP contribution in [0.25, 0.3) is 0 Å². The lowest BCUT2D eigenvalue weighted by Crippen LogP contribution is -2.39. The summed E-state index contributed by atoms with van der Waals surface area (Å²) in [5, 5.41) is 6.62. The van der Waals surface area contributed by atoms with Gasteiger partial charge in [0.15, 0.2) is 5.96 Å². The van der Waals surface area contributed by atoms with Gasteiger partial charge in [-0.3, -0.25) is 4.99 Å². The van der Waals surface area contributed by atoms with E-state index >= 15 is 0 Å². The average molecular weight is 522 g/mol. The standard InChI is InChI=1S/C21H35FN4O2.HI/c1-23-21(25-11-5-13-28-17-18-8-14-27-15-9-18)24-10-4-12-26(2)20-7-3-6-19(22)16-20;/h3,6-7,16,18H,4-5,8-15,17H2,1-2H3,(H2,23,24,25);1H. The molecular weight excluding hydrogens is 486 g/mol. The highest BCUT2D eigenvalue weighted by Crippen LogP contribution is 2.15. The zero-order chi connectivity index (χ0) is 20.0. The lowest BCUT2D eigenvalue weighted by molar-refractivity contribution is 0.0203. The van der Waals surface area contributed by atoms with Crippen molar-refractivity contribution in [2.24, 2.45) is 10.9 Å². The van der Waals surface area contributed by atoms with Crippen molar-refractivity contribution in [3.8, 4) is 0 Å². The predicted molar refractivity (Wildman–Crippen MR) is 128 cm³/mol. The second kappa shape index (κ2) is 15.7. The SMILES string of the molecule is CN=C(NCCCOCC1CCOCC1)NCCCN(C)c1cccc(F)c1.I. The van der Waals surface area contributed by atoms with E-state index < -0.39 is 0 Å². The van der Waals surface area contributed by atoms with Crippen LogP contribution in [0.4, 0.5) is 10.1 Å². The number of hydrogen-bond acceptors (Lipinski definition) is 4. The molecule has 0 unspecified atom stereocenters.